The Morgan fingerprint density at radius 2 is 1.93 bits per heavy atom. The molecule has 0 aliphatic carbocycles. The Morgan fingerprint density at radius 1 is 1.10 bits per heavy atom. The summed E-state index contributed by atoms with van der Waals surface area (Å²) in [5, 5.41) is 0. The highest BCUT2D eigenvalue weighted by atomic mass is 19.1. The van der Waals surface area contributed by atoms with Crippen LogP contribution in [0.5, 0.6) is 0 Å². The van der Waals surface area contributed by atoms with Crippen molar-refractivity contribution in [2.24, 2.45) is 0 Å². The number of carbonyl (C=O) groups is 1. The number of ether oxygens (including phenoxy) is 1. The van der Waals surface area contributed by atoms with Gasteiger partial charge in [0.15, 0.2) is 5.89 Å². The third-order valence-corrected chi connectivity index (χ3v) is 5.90. The summed E-state index contributed by atoms with van der Waals surface area (Å²) in [7, 11) is 0. The summed E-state index contributed by atoms with van der Waals surface area (Å²) in [4.78, 5) is 19.6. The van der Waals surface area contributed by atoms with Gasteiger partial charge in [0.1, 0.15) is 17.3 Å². The summed E-state index contributed by atoms with van der Waals surface area (Å²) in [5.41, 5.74) is 2.58. The van der Waals surface area contributed by atoms with Crippen LogP contribution in [0.4, 0.5) is 4.39 Å². The topological polar surface area (TPSA) is 55.6 Å². The molecule has 2 aliphatic heterocycles. The molecule has 0 spiro atoms. The van der Waals surface area contributed by atoms with E-state index in [2.05, 4.69) is 0 Å². The number of benzene rings is 2. The number of carbonyl (C=O) groups excluding carboxylic acids is 1. The normalized spacial score (nSPS) is 17.0. The Hall–Kier alpha value is -2.99. The van der Waals surface area contributed by atoms with Crippen molar-refractivity contribution in [2.45, 2.75) is 31.7 Å². The number of nitrogens with zero attached hydrogens (tertiary/aromatic N) is 2. The van der Waals surface area contributed by atoms with E-state index in [0.717, 1.165) is 43.4 Å². The molecule has 2 aromatic carbocycles. The zero-order valence-electron chi connectivity index (χ0n) is 16.6. The lowest BCUT2D eigenvalue weighted by molar-refractivity contribution is 0.0726. The van der Waals surface area contributed by atoms with Gasteiger partial charge in [0.2, 0.25) is 0 Å². The van der Waals surface area contributed by atoms with Gasteiger partial charge in [0, 0.05) is 43.2 Å². The zero-order chi connectivity index (χ0) is 20.5. The van der Waals surface area contributed by atoms with Crippen molar-refractivity contribution in [3.63, 3.8) is 0 Å². The van der Waals surface area contributed by atoms with Crippen LogP contribution < -0.4 is 0 Å². The van der Waals surface area contributed by atoms with Crippen molar-refractivity contribution in [3.8, 4) is 11.1 Å². The Balaban J connectivity index is 1.35. The number of hydrogen-bond donors (Lipinski definition) is 0. The van der Waals surface area contributed by atoms with Crippen molar-refractivity contribution in [2.75, 3.05) is 19.8 Å². The third-order valence-electron chi connectivity index (χ3n) is 5.90. The van der Waals surface area contributed by atoms with Crippen LogP contribution in [-0.2, 0) is 17.7 Å². The number of fused-ring (bicyclic) bond motifs is 1. The number of rotatable bonds is 3. The van der Waals surface area contributed by atoms with E-state index in [9.17, 15) is 9.18 Å². The fourth-order valence-corrected chi connectivity index (χ4v) is 4.21. The van der Waals surface area contributed by atoms with Gasteiger partial charge in [-0.15, -0.1) is 0 Å². The molecule has 5 nitrogen and oxygen atoms in total. The Bertz CT molecular complexity index is 1070. The van der Waals surface area contributed by atoms with Gasteiger partial charge in [-0.2, -0.15) is 0 Å². The monoisotopic (exact) mass is 406 g/mol. The van der Waals surface area contributed by atoms with Crippen molar-refractivity contribution in [3.05, 3.63) is 77.3 Å². The predicted octanol–water partition coefficient (Wildman–Crippen LogP) is 4.57. The molecule has 1 fully saturated rings. The van der Waals surface area contributed by atoms with E-state index in [1.165, 1.54) is 6.07 Å². The molecule has 0 unspecified atom stereocenters. The third kappa shape index (κ3) is 3.63. The second kappa shape index (κ2) is 8.03. The second-order valence-electron chi connectivity index (χ2n) is 7.85. The molecule has 2 aliphatic rings. The Kier molecular flexibility index (Phi) is 5.09. The fraction of sp³-hybridized carbons (Fsp3) is 0.333. The highest BCUT2D eigenvalue weighted by Crippen LogP contribution is 2.31. The van der Waals surface area contributed by atoms with Gasteiger partial charge in [-0.05, 0) is 36.6 Å². The number of halogens is 1. The average Bonchev–Trinajstić information content (AvgIpc) is 3.23. The summed E-state index contributed by atoms with van der Waals surface area (Å²) in [6.45, 7) is 2.49. The molecule has 0 radical (unpaired) electrons. The summed E-state index contributed by atoms with van der Waals surface area (Å²) in [6, 6.07) is 13.7. The van der Waals surface area contributed by atoms with Crippen LogP contribution in [0.15, 0.2) is 52.9 Å². The molecule has 5 rings (SSSR count). The minimum Gasteiger partial charge on any atom is -0.445 e. The molecule has 0 atom stereocenters. The van der Waals surface area contributed by atoms with Crippen molar-refractivity contribution < 1.29 is 18.3 Å². The van der Waals surface area contributed by atoms with Crippen LogP contribution in [0.2, 0.25) is 0 Å². The Labute approximate surface area is 174 Å². The van der Waals surface area contributed by atoms with Crippen LogP contribution in [0.1, 0.15) is 46.5 Å². The van der Waals surface area contributed by atoms with Gasteiger partial charge in [-0.3, -0.25) is 4.79 Å². The molecule has 0 N–H and O–H groups in total. The molecule has 1 aromatic heterocycles. The maximum Gasteiger partial charge on any atom is 0.254 e. The molecule has 1 amide bonds. The van der Waals surface area contributed by atoms with Gasteiger partial charge >= 0.3 is 0 Å². The standard InChI is InChI=1S/C24H23FN2O3/c25-20-7-2-1-6-19(20)17-4-3-5-18(14-17)24(28)27-11-8-22-21(15-27)26-23(30-22)16-9-12-29-13-10-16/h1-7,14,16H,8-13,15H2. The molecule has 6 heteroatoms. The second-order valence-corrected chi connectivity index (χ2v) is 7.85. The van der Waals surface area contributed by atoms with E-state index >= 15 is 0 Å². The molecule has 30 heavy (non-hydrogen) atoms. The Morgan fingerprint density at radius 3 is 2.77 bits per heavy atom. The molecule has 1 saturated heterocycles. The first-order valence-electron chi connectivity index (χ1n) is 10.4. The number of oxazole rings is 1. The van der Waals surface area contributed by atoms with Gasteiger partial charge in [-0.25, -0.2) is 9.37 Å². The van der Waals surface area contributed by atoms with Crippen LogP contribution in [0, 0.1) is 5.82 Å². The number of amides is 1. The van der Waals surface area contributed by atoms with Gasteiger partial charge in [-0.1, -0.05) is 30.3 Å². The summed E-state index contributed by atoms with van der Waals surface area (Å²) >= 11 is 0. The molecular weight excluding hydrogens is 383 g/mol. The summed E-state index contributed by atoms with van der Waals surface area (Å²) in [6.07, 6.45) is 2.50. The maximum absolute atomic E-state index is 14.2. The largest absolute Gasteiger partial charge is 0.445 e. The van der Waals surface area contributed by atoms with Gasteiger partial charge in [0.25, 0.3) is 5.91 Å². The quantitative estimate of drug-likeness (QED) is 0.639. The minimum absolute atomic E-state index is 0.0746. The van der Waals surface area contributed by atoms with Gasteiger partial charge in [0.05, 0.1) is 6.54 Å². The van der Waals surface area contributed by atoms with Gasteiger partial charge < -0.3 is 14.1 Å². The molecule has 3 heterocycles. The van der Waals surface area contributed by atoms with E-state index in [1.54, 1.807) is 41.3 Å². The first-order valence-corrected chi connectivity index (χ1v) is 10.4. The smallest absolute Gasteiger partial charge is 0.254 e. The van der Waals surface area contributed by atoms with E-state index in [4.69, 9.17) is 14.1 Å². The summed E-state index contributed by atoms with van der Waals surface area (Å²) < 4.78 is 25.6. The van der Waals surface area contributed by atoms with E-state index in [-0.39, 0.29) is 11.7 Å². The predicted molar refractivity (Wildman–Crippen MR) is 110 cm³/mol. The average molecular weight is 406 g/mol. The van der Waals surface area contributed by atoms with E-state index in [0.29, 0.717) is 42.1 Å². The van der Waals surface area contributed by atoms with Crippen molar-refractivity contribution >= 4 is 5.91 Å². The first-order chi connectivity index (χ1) is 14.7. The van der Waals surface area contributed by atoms with E-state index in [1.807, 2.05) is 6.07 Å². The highest BCUT2D eigenvalue weighted by Gasteiger charge is 2.29. The summed E-state index contributed by atoms with van der Waals surface area (Å²) in [5.74, 6) is 1.59. The lowest BCUT2D eigenvalue weighted by Crippen LogP contribution is -2.35. The van der Waals surface area contributed by atoms with Crippen molar-refractivity contribution in [1.82, 2.24) is 9.88 Å². The molecule has 154 valence electrons. The molecular formula is C24H23FN2O3. The van der Waals surface area contributed by atoms with Crippen molar-refractivity contribution in [1.29, 1.82) is 0 Å². The van der Waals surface area contributed by atoms with Crippen LogP contribution in [0.25, 0.3) is 11.1 Å². The SMILES string of the molecule is O=C(c1cccc(-c2ccccc2F)c1)N1CCc2oc(C3CCOCC3)nc2C1. The highest BCUT2D eigenvalue weighted by molar-refractivity contribution is 5.95. The number of aromatic nitrogens is 1. The molecule has 0 bridgehead atoms. The van der Waals surface area contributed by atoms with Crippen LogP contribution >= 0.6 is 0 Å². The maximum atomic E-state index is 14.2. The number of hydrogen-bond acceptors (Lipinski definition) is 4. The van der Waals surface area contributed by atoms with Crippen LogP contribution in [0.3, 0.4) is 0 Å². The van der Waals surface area contributed by atoms with Crippen LogP contribution in [-0.4, -0.2) is 35.5 Å². The minimum atomic E-state index is -0.298. The molecule has 3 aromatic rings. The molecule has 0 saturated carbocycles. The first kappa shape index (κ1) is 19.0. The van der Waals surface area contributed by atoms with E-state index < -0.39 is 0 Å². The zero-order valence-corrected chi connectivity index (χ0v) is 16.6. The lowest BCUT2D eigenvalue weighted by atomic mass is 10.0. The lowest BCUT2D eigenvalue weighted by Gasteiger charge is -2.25. The fourth-order valence-electron chi connectivity index (χ4n) is 4.21.